The summed E-state index contributed by atoms with van der Waals surface area (Å²) in [4.78, 5) is 11.2. The zero-order valence-electron chi connectivity index (χ0n) is 13.5. The number of sulfonamides is 1. The minimum atomic E-state index is -3.81. The zero-order valence-corrected chi connectivity index (χ0v) is 15.0. The highest BCUT2D eigenvalue weighted by Crippen LogP contribution is 2.29. The van der Waals surface area contributed by atoms with E-state index in [1.807, 2.05) is 0 Å². The van der Waals surface area contributed by atoms with Crippen molar-refractivity contribution >= 4 is 27.5 Å². The fourth-order valence-electron chi connectivity index (χ4n) is 2.83. The smallest absolute Gasteiger partial charge is 0.248 e. The summed E-state index contributed by atoms with van der Waals surface area (Å²) in [6.45, 7) is 2.35. The third kappa shape index (κ3) is 4.67. The van der Waals surface area contributed by atoms with Crippen molar-refractivity contribution in [1.82, 2.24) is 10.0 Å². The lowest BCUT2D eigenvalue weighted by Gasteiger charge is -2.37. The molecule has 0 spiro atoms. The molecular weight excluding hydrogens is 354 g/mol. The highest BCUT2D eigenvalue weighted by atomic mass is 35.5. The van der Waals surface area contributed by atoms with E-state index in [1.54, 1.807) is 7.11 Å². The molecule has 0 radical (unpaired) electrons. The predicted octanol–water partition coefficient (Wildman–Crippen LogP) is 0.733. The third-order valence-electron chi connectivity index (χ3n) is 4.22. The summed E-state index contributed by atoms with van der Waals surface area (Å²) in [5.41, 5.74) is 5.01. The predicted molar refractivity (Wildman–Crippen MR) is 91.6 cm³/mol. The molecule has 4 N–H and O–H groups in total. The molecule has 1 aliphatic heterocycles. The Balaban J connectivity index is 2.20. The van der Waals surface area contributed by atoms with Crippen molar-refractivity contribution in [3.8, 4) is 0 Å². The Morgan fingerprint density at radius 2 is 2.04 bits per heavy atom. The van der Waals surface area contributed by atoms with Crippen LogP contribution in [-0.2, 0) is 14.8 Å². The third-order valence-corrected chi connectivity index (χ3v) is 5.82. The topological polar surface area (TPSA) is 111 Å². The second-order valence-electron chi connectivity index (χ2n) is 6.05. The number of nitrogens with one attached hydrogen (secondary N) is 2. The van der Waals surface area contributed by atoms with Gasteiger partial charge in [-0.1, -0.05) is 11.6 Å². The fraction of sp³-hybridized carbons (Fsp3) is 0.533. The minimum absolute atomic E-state index is 0.0522. The van der Waals surface area contributed by atoms with Gasteiger partial charge in [-0.05, 0) is 44.1 Å². The first-order valence-electron chi connectivity index (χ1n) is 7.58. The number of rotatable bonds is 7. The molecule has 7 nitrogen and oxygen atoms in total. The normalized spacial score (nSPS) is 17.6. The molecule has 1 fully saturated rings. The van der Waals surface area contributed by atoms with Crippen molar-refractivity contribution in [2.24, 2.45) is 11.1 Å². The highest BCUT2D eigenvalue weighted by Gasteiger charge is 2.33. The van der Waals surface area contributed by atoms with Crippen molar-refractivity contribution in [3.05, 3.63) is 28.8 Å². The maximum absolute atomic E-state index is 12.6. The van der Waals surface area contributed by atoms with Gasteiger partial charge in [0.25, 0.3) is 0 Å². The molecule has 1 heterocycles. The van der Waals surface area contributed by atoms with Crippen LogP contribution in [0.4, 0.5) is 0 Å². The SMILES string of the molecule is COCC1(CNS(=O)(=O)c2cc(Cl)cc(C(N)=O)c2)CCNCC1. The molecular formula is C15H22ClN3O4S. The number of benzene rings is 1. The summed E-state index contributed by atoms with van der Waals surface area (Å²) < 4.78 is 33.0. The number of methoxy groups -OCH3 is 1. The van der Waals surface area contributed by atoms with Crippen molar-refractivity contribution in [2.45, 2.75) is 17.7 Å². The van der Waals surface area contributed by atoms with E-state index in [9.17, 15) is 13.2 Å². The van der Waals surface area contributed by atoms with Gasteiger partial charge in [0.1, 0.15) is 0 Å². The van der Waals surface area contributed by atoms with Gasteiger partial charge in [-0.3, -0.25) is 4.79 Å². The van der Waals surface area contributed by atoms with Crippen molar-refractivity contribution in [2.75, 3.05) is 33.4 Å². The number of piperidine rings is 1. The molecule has 1 saturated heterocycles. The van der Waals surface area contributed by atoms with Gasteiger partial charge in [0.15, 0.2) is 0 Å². The van der Waals surface area contributed by atoms with Gasteiger partial charge >= 0.3 is 0 Å². The Labute approximate surface area is 146 Å². The van der Waals surface area contributed by atoms with Gasteiger partial charge < -0.3 is 15.8 Å². The standard InChI is InChI=1S/C15H22ClN3O4S/c1-23-10-15(2-4-18-5-3-15)9-19-24(21,22)13-7-11(14(17)20)6-12(16)8-13/h6-8,18-19H,2-5,9-10H2,1H3,(H2,17,20). The first kappa shape index (κ1) is 19.1. The molecule has 134 valence electrons. The molecule has 2 rings (SSSR count). The molecule has 1 aromatic carbocycles. The van der Waals surface area contributed by atoms with Crippen molar-refractivity contribution < 1.29 is 17.9 Å². The molecule has 1 aliphatic rings. The van der Waals surface area contributed by atoms with Crippen LogP contribution in [0.15, 0.2) is 23.1 Å². The number of ether oxygens (including phenoxy) is 1. The largest absolute Gasteiger partial charge is 0.384 e. The lowest BCUT2D eigenvalue weighted by atomic mass is 9.80. The van der Waals surface area contributed by atoms with Crippen LogP contribution in [0.3, 0.4) is 0 Å². The highest BCUT2D eigenvalue weighted by molar-refractivity contribution is 7.89. The van der Waals surface area contributed by atoms with E-state index in [0.717, 1.165) is 25.9 Å². The van der Waals surface area contributed by atoms with E-state index in [-0.39, 0.29) is 27.4 Å². The second-order valence-corrected chi connectivity index (χ2v) is 8.25. The first-order chi connectivity index (χ1) is 11.3. The average molecular weight is 376 g/mol. The van der Waals surface area contributed by atoms with Crippen LogP contribution in [0, 0.1) is 5.41 Å². The van der Waals surface area contributed by atoms with E-state index >= 15 is 0 Å². The minimum Gasteiger partial charge on any atom is -0.384 e. The van der Waals surface area contributed by atoms with Gasteiger partial charge in [-0.15, -0.1) is 0 Å². The zero-order chi connectivity index (χ0) is 17.8. The summed E-state index contributed by atoms with van der Waals surface area (Å²) >= 11 is 5.90. The lowest BCUT2D eigenvalue weighted by molar-refractivity contribution is 0.0577. The summed E-state index contributed by atoms with van der Waals surface area (Å²) in [6, 6.07) is 3.85. The molecule has 0 aromatic heterocycles. The van der Waals surface area contributed by atoms with Crippen LogP contribution in [0.2, 0.25) is 5.02 Å². The Morgan fingerprint density at radius 1 is 1.38 bits per heavy atom. The van der Waals surface area contributed by atoms with Crippen LogP contribution < -0.4 is 15.8 Å². The van der Waals surface area contributed by atoms with Crippen LogP contribution in [0.1, 0.15) is 23.2 Å². The molecule has 0 saturated carbocycles. The van der Waals surface area contributed by atoms with E-state index < -0.39 is 15.9 Å². The number of hydrogen-bond donors (Lipinski definition) is 3. The molecule has 1 aromatic rings. The molecule has 0 atom stereocenters. The number of amides is 1. The average Bonchev–Trinajstić information content (AvgIpc) is 2.54. The maximum atomic E-state index is 12.6. The molecule has 0 unspecified atom stereocenters. The van der Waals surface area contributed by atoms with Crippen LogP contribution >= 0.6 is 11.6 Å². The van der Waals surface area contributed by atoms with Gasteiger partial charge in [-0.25, -0.2) is 13.1 Å². The molecule has 0 aliphatic carbocycles. The number of carbonyl (C=O) groups excluding carboxylic acids is 1. The Hall–Kier alpha value is -1.19. The Morgan fingerprint density at radius 3 is 2.62 bits per heavy atom. The number of halogens is 1. The van der Waals surface area contributed by atoms with Gasteiger partial charge in [0, 0.05) is 29.7 Å². The van der Waals surface area contributed by atoms with E-state index in [4.69, 9.17) is 22.1 Å². The molecule has 1 amide bonds. The van der Waals surface area contributed by atoms with Gasteiger partial charge in [-0.2, -0.15) is 0 Å². The van der Waals surface area contributed by atoms with Crippen LogP contribution in [0.25, 0.3) is 0 Å². The lowest BCUT2D eigenvalue weighted by Crippen LogP contribution is -2.47. The molecule has 24 heavy (non-hydrogen) atoms. The summed E-state index contributed by atoms with van der Waals surface area (Å²) in [5.74, 6) is -0.733. The van der Waals surface area contributed by atoms with Crippen molar-refractivity contribution in [1.29, 1.82) is 0 Å². The monoisotopic (exact) mass is 375 g/mol. The molecule has 0 bridgehead atoms. The van der Waals surface area contributed by atoms with E-state index in [1.165, 1.54) is 18.2 Å². The van der Waals surface area contributed by atoms with E-state index in [0.29, 0.717) is 6.61 Å². The Bertz CT molecular complexity index is 697. The second kappa shape index (κ2) is 7.79. The van der Waals surface area contributed by atoms with E-state index in [2.05, 4.69) is 10.0 Å². The van der Waals surface area contributed by atoms with Gasteiger partial charge in [0.05, 0.1) is 11.5 Å². The number of hydrogen-bond acceptors (Lipinski definition) is 5. The Kier molecular flexibility index (Phi) is 6.22. The van der Waals surface area contributed by atoms with Crippen molar-refractivity contribution in [3.63, 3.8) is 0 Å². The summed E-state index contributed by atoms with van der Waals surface area (Å²) in [7, 11) is -2.21. The molecule has 9 heteroatoms. The summed E-state index contributed by atoms with van der Waals surface area (Å²) in [6.07, 6.45) is 1.62. The van der Waals surface area contributed by atoms with Crippen LogP contribution in [0.5, 0.6) is 0 Å². The maximum Gasteiger partial charge on any atom is 0.248 e. The van der Waals surface area contributed by atoms with Gasteiger partial charge in [0.2, 0.25) is 15.9 Å². The summed E-state index contributed by atoms with van der Waals surface area (Å²) in [5, 5.41) is 3.39. The number of carbonyl (C=O) groups is 1. The number of primary amides is 1. The fourth-order valence-corrected chi connectivity index (χ4v) is 4.35. The quantitative estimate of drug-likeness (QED) is 0.650. The first-order valence-corrected chi connectivity index (χ1v) is 9.44. The van der Waals surface area contributed by atoms with Crippen LogP contribution in [-0.4, -0.2) is 47.7 Å². The number of nitrogens with two attached hydrogens (primary N) is 1.